The summed E-state index contributed by atoms with van der Waals surface area (Å²) in [5.74, 6) is 0.166. The molecule has 84 valence electrons. The Kier molecular flexibility index (Phi) is 4.60. The molecule has 0 aliphatic rings. The van der Waals surface area contributed by atoms with Crippen molar-refractivity contribution in [3.8, 4) is 0 Å². The topological polar surface area (TPSA) is 26.3 Å². The van der Waals surface area contributed by atoms with E-state index in [9.17, 15) is 4.79 Å². The first-order valence-corrected chi connectivity index (χ1v) is 5.56. The predicted octanol–water partition coefficient (Wildman–Crippen LogP) is 2.06. The van der Waals surface area contributed by atoms with Gasteiger partial charge in [0.15, 0.2) is 0 Å². The maximum Gasteiger partial charge on any atom is 0.302 e. The zero-order valence-corrected chi connectivity index (χ0v) is 10.1. The molecule has 0 amide bonds. The summed E-state index contributed by atoms with van der Waals surface area (Å²) in [6.45, 7) is 6.00. The number of benzene rings is 1. The summed E-state index contributed by atoms with van der Waals surface area (Å²) in [5, 5.41) is 0. The molecule has 1 unspecified atom stereocenters. The van der Waals surface area contributed by atoms with Gasteiger partial charge < -0.3 is 4.74 Å². The first-order chi connectivity index (χ1) is 7.54. The van der Waals surface area contributed by atoms with E-state index >= 15 is 0 Å². The van der Waals surface area contributed by atoms with Gasteiger partial charge in [-0.2, -0.15) is 0 Å². The highest BCUT2D eigenvalue weighted by Gasteiger charge is 2.07. The van der Waals surface area contributed by atoms with Gasteiger partial charge in [-0.15, -0.1) is 0 Å². The van der Waals surface area contributed by atoms with Crippen LogP contribution in [0.3, 0.4) is 0 Å². The van der Waals surface area contributed by atoms with Crippen LogP contribution in [0.25, 0.3) is 0 Å². The van der Waals surface area contributed by atoms with E-state index in [1.165, 1.54) is 6.92 Å². The van der Waals surface area contributed by atoms with E-state index < -0.39 is 0 Å². The van der Waals surface area contributed by atoms with Gasteiger partial charge in [0.1, 0.15) is 14.5 Å². The lowest BCUT2D eigenvalue weighted by molar-refractivity contribution is -0.142. The summed E-state index contributed by atoms with van der Waals surface area (Å²) < 4.78 is 4.96. The van der Waals surface area contributed by atoms with Crippen molar-refractivity contribution in [2.75, 3.05) is 0 Å². The monoisotopic (exact) mass is 216 g/mol. The second kappa shape index (κ2) is 5.73. The lowest BCUT2D eigenvalue weighted by atomic mass is 9.83. The van der Waals surface area contributed by atoms with Crippen molar-refractivity contribution >= 4 is 19.3 Å². The van der Waals surface area contributed by atoms with E-state index in [1.54, 1.807) is 0 Å². The van der Waals surface area contributed by atoms with E-state index in [1.807, 2.05) is 18.2 Å². The highest BCUT2D eigenvalue weighted by Crippen LogP contribution is 2.17. The van der Waals surface area contributed by atoms with Crippen LogP contribution in [0, 0.1) is 0 Å². The van der Waals surface area contributed by atoms with E-state index in [0.29, 0.717) is 12.5 Å². The third-order valence-electron chi connectivity index (χ3n) is 2.74. The minimum absolute atomic E-state index is 0.262. The van der Waals surface area contributed by atoms with Crippen LogP contribution in [0.4, 0.5) is 0 Å². The molecule has 0 bridgehead atoms. The van der Waals surface area contributed by atoms with Crippen molar-refractivity contribution in [2.24, 2.45) is 0 Å². The molecular formula is C13H17BO2. The van der Waals surface area contributed by atoms with Crippen LogP contribution < -0.4 is 5.46 Å². The van der Waals surface area contributed by atoms with Crippen LogP contribution in [-0.2, 0) is 16.1 Å². The van der Waals surface area contributed by atoms with Gasteiger partial charge in [-0.1, -0.05) is 43.1 Å². The van der Waals surface area contributed by atoms with Crippen LogP contribution in [0.15, 0.2) is 18.2 Å². The van der Waals surface area contributed by atoms with Crippen LogP contribution >= 0.6 is 0 Å². The molecule has 1 aromatic carbocycles. The molecule has 2 radical (unpaired) electrons. The maximum absolute atomic E-state index is 10.7. The van der Waals surface area contributed by atoms with E-state index in [0.717, 1.165) is 23.0 Å². The Morgan fingerprint density at radius 2 is 2.19 bits per heavy atom. The molecule has 3 heteroatoms. The Morgan fingerprint density at radius 3 is 2.75 bits per heavy atom. The fraction of sp³-hybridized carbons (Fsp3) is 0.462. The smallest absolute Gasteiger partial charge is 0.302 e. The quantitative estimate of drug-likeness (QED) is 0.568. The summed E-state index contributed by atoms with van der Waals surface area (Å²) in [6, 6.07) is 5.79. The van der Waals surface area contributed by atoms with Gasteiger partial charge >= 0.3 is 5.97 Å². The summed E-state index contributed by atoms with van der Waals surface area (Å²) in [4.78, 5) is 10.7. The lowest BCUT2D eigenvalue weighted by Crippen LogP contribution is -2.13. The van der Waals surface area contributed by atoms with Gasteiger partial charge in [0.05, 0.1) is 0 Å². The first kappa shape index (κ1) is 12.8. The van der Waals surface area contributed by atoms with Crippen molar-refractivity contribution in [1.82, 2.24) is 0 Å². The zero-order valence-electron chi connectivity index (χ0n) is 10.1. The number of rotatable bonds is 4. The van der Waals surface area contributed by atoms with Crippen LogP contribution in [0.2, 0.25) is 0 Å². The molecule has 0 spiro atoms. The number of hydrogen-bond acceptors (Lipinski definition) is 2. The molecule has 16 heavy (non-hydrogen) atoms. The highest BCUT2D eigenvalue weighted by atomic mass is 16.5. The van der Waals surface area contributed by atoms with Crippen molar-refractivity contribution in [3.05, 3.63) is 29.3 Å². The van der Waals surface area contributed by atoms with Crippen LogP contribution in [0.5, 0.6) is 0 Å². The summed E-state index contributed by atoms with van der Waals surface area (Å²) in [5.41, 5.74) is 2.92. The SMILES string of the molecule is [B]c1ccc(COC(C)=O)cc1C(C)CC. The van der Waals surface area contributed by atoms with Crippen molar-refractivity contribution in [2.45, 2.75) is 39.7 Å². The maximum atomic E-state index is 10.7. The summed E-state index contributed by atoms with van der Waals surface area (Å²) in [6.07, 6.45) is 1.04. The average Bonchev–Trinajstić information content (AvgIpc) is 2.27. The van der Waals surface area contributed by atoms with Crippen LogP contribution in [0.1, 0.15) is 44.2 Å². The second-order valence-corrected chi connectivity index (χ2v) is 4.05. The van der Waals surface area contributed by atoms with Gasteiger partial charge in [0.25, 0.3) is 0 Å². The fourth-order valence-electron chi connectivity index (χ4n) is 1.55. The Morgan fingerprint density at radius 1 is 1.50 bits per heavy atom. The average molecular weight is 216 g/mol. The zero-order chi connectivity index (χ0) is 12.1. The first-order valence-electron chi connectivity index (χ1n) is 5.56. The Hall–Kier alpha value is -1.25. The molecule has 0 heterocycles. The Balaban J connectivity index is 2.85. The van der Waals surface area contributed by atoms with Crippen LogP contribution in [-0.4, -0.2) is 13.8 Å². The Labute approximate surface area is 98.4 Å². The number of esters is 1. The highest BCUT2D eigenvalue weighted by molar-refractivity contribution is 6.33. The van der Waals surface area contributed by atoms with Crippen molar-refractivity contribution in [3.63, 3.8) is 0 Å². The number of carbonyl (C=O) groups excluding carboxylic acids is 1. The summed E-state index contributed by atoms with van der Waals surface area (Å²) in [7, 11) is 5.91. The third-order valence-corrected chi connectivity index (χ3v) is 2.74. The van der Waals surface area contributed by atoms with Gasteiger partial charge in [0.2, 0.25) is 0 Å². The predicted molar refractivity (Wildman–Crippen MR) is 66.0 cm³/mol. The number of hydrogen-bond donors (Lipinski definition) is 0. The van der Waals surface area contributed by atoms with Crippen molar-refractivity contribution in [1.29, 1.82) is 0 Å². The molecule has 1 rings (SSSR count). The molecule has 0 aromatic heterocycles. The van der Waals surface area contributed by atoms with Gasteiger partial charge in [-0.05, 0) is 17.9 Å². The fourth-order valence-corrected chi connectivity index (χ4v) is 1.55. The molecule has 0 aliphatic heterocycles. The van der Waals surface area contributed by atoms with Crippen molar-refractivity contribution < 1.29 is 9.53 Å². The van der Waals surface area contributed by atoms with E-state index in [-0.39, 0.29) is 5.97 Å². The molecule has 0 N–H and O–H groups in total. The van der Waals surface area contributed by atoms with E-state index in [4.69, 9.17) is 12.6 Å². The van der Waals surface area contributed by atoms with E-state index in [2.05, 4.69) is 13.8 Å². The molecule has 0 saturated carbocycles. The van der Waals surface area contributed by atoms with Gasteiger partial charge in [0, 0.05) is 6.92 Å². The third kappa shape index (κ3) is 3.40. The van der Waals surface area contributed by atoms with Gasteiger partial charge in [-0.3, -0.25) is 4.79 Å². The molecule has 0 aliphatic carbocycles. The van der Waals surface area contributed by atoms with Gasteiger partial charge in [-0.25, -0.2) is 0 Å². The Bertz CT molecular complexity index is 374. The number of ether oxygens (including phenoxy) is 1. The lowest BCUT2D eigenvalue weighted by Gasteiger charge is -2.14. The summed E-state index contributed by atoms with van der Waals surface area (Å²) >= 11 is 0. The minimum Gasteiger partial charge on any atom is -0.461 e. The number of carbonyl (C=O) groups is 1. The molecule has 1 aromatic rings. The second-order valence-electron chi connectivity index (χ2n) is 4.05. The molecular weight excluding hydrogens is 199 g/mol. The molecule has 2 nitrogen and oxygen atoms in total. The molecule has 0 fully saturated rings. The largest absolute Gasteiger partial charge is 0.461 e. The molecule has 0 saturated heterocycles. The standard InChI is InChI=1S/C13H17BO2/c1-4-9(2)12-7-11(5-6-13(12)14)8-16-10(3)15/h5-7,9H,4,8H2,1-3H3. The minimum atomic E-state index is -0.262. The normalized spacial score (nSPS) is 12.2. The molecule has 1 atom stereocenters.